The maximum atomic E-state index is 6.29. The molecule has 27 heavy (non-hydrogen) atoms. The van der Waals surface area contributed by atoms with Gasteiger partial charge >= 0.3 is 0 Å². The summed E-state index contributed by atoms with van der Waals surface area (Å²) in [5.41, 5.74) is 1.73. The van der Waals surface area contributed by atoms with Crippen molar-refractivity contribution in [2.24, 2.45) is 5.92 Å². The predicted molar refractivity (Wildman–Crippen MR) is 103 cm³/mol. The fraction of sp³-hybridized carbons (Fsp3) is 0.476. The van der Waals surface area contributed by atoms with Gasteiger partial charge < -0.3 is 24.3 Å². The number of fused-ring (bicyclic) bond motifs is 1. The molecule has 1 unspecified atom stereocenters. The van der Waals surface area contributed by atoms with Gasteiger partial charge in [0.15, 0.2) is 11.5 Å². The second kappa shape index (κ2) is 8.59. The van der Waals surface area contributed by atoms with Gasteiger partial charge in [0.25, 0.3) is 0 Å². The van der Waals surface area contributed by atoms with Crippen molar-refractivity contribution in [1.82, 2.24) is 10.3 Å². The quantitative estimate of drug-likeness (QED) is 0.844. The monoisotopic (exact) mass is 370 g/mol. The molecule has 1 aromatic heterocycles. The van der Waals surface area contributed by atoms with E-state index in [9.17, 15) is 0 Å². The van der Waals surface area contributed by atoms with E-state index in [0.717, 1.165) is 61.9 Å². The van der Waals surface area contributed by atoms with Crippen molar-refractivity contribution in [2.45, 2.75) is 18.9 Å². The Labute approximate surface area is 159 Å². The maximum Gasteiger partial charge on any atom is 0.213 e. The topological polar surface area (TPSA) is 61.8 Å². The van der Waals surface area contributed by atoms with Crippen LogP contribution in [0.1, 0.15) is 12.8 Å². The number of hydrogen-bond acceptors (Lipinski definition) is 6. The Morgan fingerprint density at radius 3 is 2.81 bits per heavy atom. The molecule has 1 N–H and O–H groups in total. The molecule has 1 atom stereocenters. The van der Waals surface area contributed by atoms with E-state index in [1.165, 1.54) is 0 Å². The minimum atomic E-state index is -0.0240. The van der Waals surface area contributed by atoms with Crippen molar-refractivity contribution in [2.75, 3.05) is 40.0 Å². The van der Waals surface area contributed by atoms with Crippen molar-refractivity contribution < 1.29 is 18.9 Å². The summed E-state index contributed by atoms with van der Waals surface area (Å²) < 4.78 is 22.9. The molecule has 2 aliphatic heterocycles. The summed E-state index contributed by atoms with van der Waals surface area (Å²) in [6, 6.07) is 11.6. The van der Waals surface area contributed by atoms with E-state index in [1.807, 2.05) is 36.4 Å². The van der Waals surface area contributed by atoms with Crippen LogP contribution in [0.15, 0.2) is 36.4 Å². The van der Waals surface area contributed by atoms with E-state index < -0.39 is 0 Å². The molecule has 3 heterocycles. The molecule has 0 aliphatic carbocycles. The van der Waals surface area contributed by atoms with Gasteiger partial charge in [0, 0.05) is 31.4 Å². The minimum Gasteiger partial charge on any atom is -0.486 e. The van der Waals surface area contributed by atoms with Crippen LogP contribution in [-0.4, -0.2) is 51.1 Å². The number of rotatable bonds is 6. The lowest BCUT2D eigenvalue weighted by molar-refractivity contribution is 0.0619. The lowest BCUT2D eigenvalue weighted by Gasteiger charge is -2.29. The fourth-order valence-electron chi connectivity index (χ4n) is 3.51. The van der Waals surface area contributed by atoms with Crippen molar-refractivity contribution >= 4 is 0 Å². The Kier molecular flexibility index (Phi) is 5.75. The zero-order valence-corrected chi connectivity index (χ0v) is 15.6. The summed E-state index contributed by atoms with van der Waals surface area (Å²) in [4.78, 5) is 4.53. The van der Waals surface area contributed by atoms with Gasteiger partial charge in [0.2, 0.25) is 5.88 Å². The molecule has 0 saturated carbocycles. The summed E-state index contributed by atoms with van der Waals surface area (Å²) in [5.74, 6) is 2.78. The number of pyridine rings is 1. The van der Waals surface area contributed by atoms with Crippen LogP contribution in [0.25, 0.3) is 11.3 Å². The highest BCUT2D eigenvalue weighted by atomic mass is 16.6. The van der Waals surface area contributed by atoms with Crippen LogP contribution < -0.4 is 19.5 Å². The summed E-state index contributed by atoms with van der Waals surface area (Å²) in [6.07, 6.45) is 2.23. The van der Waals surface area contributed by atoms with Gasteiger partial charge in [-0.15, -0.1) is 0 Å². The molecule has 4 rings (SSSR count). The second-order valence-electron chi connectivity index (χ2n) is 6.96. The number of aromatic nitrogens is 1. The standard InChI is InChI=1S/C21H26N2O4/c1-24-20-7-3-5-18(23-20)17-4-2-6-19-21(17)27-16(14-26-19)13-22-12-15-8-10-25-11-9-15/h2-7,15-16,22H,8-14H2,1H3. The highest BCUT2D eigenvalue weighted by Gasteiger charge is 2.25. The van der Waals surface area contributed by atoms with Gasteiger partial charge in [-0.1, -0.05) is 12.1 Å². The number of methoxy groups -OCH3 is 1. The Morgan fingerprint density at radius 1 is 1.11 bits per heavy atom. The first kappa shape index (κ1) is 18.1. The zero-order valence-electron chi connectivity index (χ0n) is 15.6. The number of nitrogens with one attached hydrogen (secondary N) is 1. The molecule has 1 saturated heterocycles. The molecule has 144 valence electrons. The SMILES string of the molecule is COc1cccc(-c2cccc3c2OC(CNCC2CCOCC2)CO3)n1. The molecule has 1 aromatic carbocycles. The van der Waals surface area contributed by atoms with Crippen molar-refractivity contribution in [3.8, 4) is 28.6 Å². The molecular weight excluding hydrogens is 344 g/mol. The van der Waals surface area contributed by atoms with Crippen molar-refractivity contribution in [3.63, 3.8) is 0 Å². The Balaban J connectivity index is 1.43. The third-order valence-corrected chi connectivity index (χ3v) is 5.04. The van der Waals surface area contributed by atoms with Crippen LogP contribution in [-0.2, 0) is 4.74 Å². The van der Waals surface area contributed by atoms with E-state index in [4.69, 9.17) is 18.9 Å². The predicted octanol–water partition coefficient (Wildman–Crippen LogP) is 2.91. The van der Waals surface area contributed by atoms with Crippen LogP contribution in [0.2, 0.25) is 0 Å². The lowest BCUT2D eigenvalue weighted by atomic mass is 10.0. The van der Waals surface area contributed by atoms with E-state index in [2.05, 4.69) is 10.3 Å². The van der Waals surface area contributed by atoms with Crippen molar-refractivity contribution in [3.05, 3.63) is 36.4 Å². The van der Waals surface area contributed by atoms with Gasteiger partial charge in [-0.25, -0.2) is 4.98 Å². The summed E-state index contributed by atoms with van der Waals surface area (Å²) >= 11 is 0. The molecular formula is C21H26N2O4. The Hall–Kier alpha value is -2.31. The maximum absolute atomic E-state index is 6.29. The average Bonchev–Trinajstić information content (AvgIpc) is 2.74. The molecule has 0 spiro atoms. The van der Waals surface area contributed by atoms with Crippen LogP contribution >= 0.6 is 0 Å². The number of benzene rings is 1. The number of hydrogen-bond donors (Lipinski definition) is 1. The Bertz CT molecular complexity index is 762. The van der Waals surface area contributed by atoms with Crippen molar-refractivity contribution in [1.29, 1.82) is 0 Å². The summed E-state index contributed by atoms with van der Waals surface area (Å²) in [5, 5.41) is 3.54. The van der Waals surface area contributed by atoms with Crippen LogP contribution in [0, 0.1) is 5.92 Å². The van der Waals surface area contributed by atoms with E-state index in [-0.39, 0.29) is 6.10 Å². The fourth-order valence-corrected chi connectivity index (χ4v) is 3.51. The van der Waals surface area contributed by atoms with Gasteiger partial charge in [-0.05, 0) is 43.5 Å². The smallest absolute Gasteiger partial charge is 0.213 e. The van der Waals surface area contributed by atoms with Gasteiger partial charge in [0.1, 0.15) is 12.7 Å². The normalized spacial score (nSPS) is 19.7. The summed E-state index contributed by atoms with van der Waals surface area (Å²) in [6.45, 7) is 4.05. The first-order valence-corrected chi connectivity index (χ1v) is 9.56. The largest absolute Gasteiger partial charge is 0.486 e. The molecule has 0 amide bonds. The summed E-state index contributed by atoms with van der Waals surface area (Å²) in [7, 11) is 1.62. The molecule has 6 nitrogen and oxygen atoms in total. The number of ether oxygens (including phenoxy) is 4. The molecule has 2 aromatic rings. The first-order valence-electron chi connectivity index (χ1n) is 9.56. The lowest BCUT2D eigenvalue weighted by Crippen LogP contribution is -2.40. The molecule has 0 bridgehead atoms. The van der Waals surface area contributed by atoms with Gasteiger partial charge in [0.05, 0.1) is 12.8 Å². The highest BCUT2D eigenvalue weighted by molar-refractivity contribution is 5.71. The third kappa shape index (κ3) is 4.34. The zero-order chi connectivity index (χ0) is 18.5. The van der Waals surface area contributed by atoms with E-state index >= 15 is 0 Å². The molecule has 2 aliphatic rings. The molecule has 0 radical (unpaired) electrons. The first-order chi connectivity index (χ1) is 13.3. The van der Waals surface area contributed by atoms with E-state index in [1.54, 1.807) is 7.11 Å². The number of nitrogens with zero attached hydrogens (tertiary/aromatic N) is 1. The highest BCUT2D eigenvalue weighted by Crippen LogP contribution is 2.40. The van der Waals surface area contributed by atoms with Gasteiger partial charge in [-0.2, -0.15) is 0 Å². The van der Waals surface area contributed by atoms with Crippen LogP contribution in [0.4, 0.5) is 0 Å². The Morgan fingerprint density at radius 2 is 1.96 bits per heavy atom. The second-order valence-corrected chi connectivity index (χ2v) is 6.96. The van der Waals surface area contributed by atoms with E-state index in [0.29, 0.717) is 18.4 Å². The minimum absolute atomic E-state index is 0.0240. The van der Waals surface area contributed by atoms with Crippen LogP contribution in [0.3, 0.4) is 0 Å². The number of para-hydroxylation sites is 1. The van der Waals surface area contributed by atoms with Gasteiger partial charge in [-0.3, -0.25) is 0 Å². The van der Waals surface area contributed by atoms with Crippen LogP contribution in [0.5, 0.6) is 17.4 Å². The average molecular weight is 370 g/mol. The molecule has 1 fully saturated rings. The molecule has 6 heteroatoms. The third-order valence-electron chi connectivity index (χ3n) is 5.04.